The van der Waals surface area contributed by atoms with Crippen molar-refractivity contribution in [3.63, 3.8) is 0 Å². The average Bonchev–Trinajstić information content (AvgIpc) is 2.83. The summed E-state index contributed by atoms with van der Waals surface area (Å²) < 4.78 is 7.80. The molecular weight excluding hydrogens is 316 g/mol. The third-order valence-electron chi connectivity index (χ3n) is 3.44. The molecule has 2 rings (SSSR count). The zero-order chi connectivity index (χ0) is 17.1. The molecule has 0 atom stereocenters. The van der Waals surface area contributed by atoms with E-state index in [4.69, 9.17) is 4.74 Å². The van der Waals surface area contributed by atoms with Gasteiger partial charge in [0.15, 0.2) is 0 Å². The third-order valence-corrected chi connectivity index (χ3v) is 6.02. The van der Waals surface area contributed by atoms with Crippen LogP contribution in [0.2, 0.25) is 45.3 Å². The van der Waals surface area contributed by atoms with Crippen LogP contribution in [-0.4, -0.2) is 32.5 Å². The molecule has 124 valence electrons. The molecule has 0 bridgehead atoms. The summed E-state index contributed by atoms with van der Waals surface area (Å²) in [5, 5.41) is 5.61. The Hall–Kier alpha value is -1.36. The summed E-state index contributed by atoms with van der Waals surface area (Å²) in [6.45, 7) is 15.2. The van der Waals surface area contributed by atoms with Crippen LogP contribution >= 0.6 is 0 Å². The van der Waals surface area contributed by atoms with Crippen molar-refractivity contribution in [3.05, 3.63) is 30.0 Å². The van der Waals surface area contributed by atoms with E-state index in [0.29, 0.717) is 6.73 Å². The minimum absolute atomic E-state index is 0.500. The molecule has 0 saturated heterocycles. The van der Waals surface area contributed by atoms with Gasteiger partial charge in [0.1, 0.15) is 14.8 Å². The van der Waals surface area contributed by atoms with Crippen molar-refractivity contribution in [3.8, 4) is 11.5 Å². The summed E-state index contributed by atoms with van der Waals surface area (Å²) in [5.41, 5.74) is 5.59. The molecular formula is C18H28N2OSi2. The highest BCUT2D eigenvalue weighted by molar-refractivity contribution is 6.83. The van der Waals surface area contributed by atoms with E-state index in [1.165, 1.54) is 6.04 Å². The molecule has 0 radical (unpaired) electrons. The topological polar surface area (TPSA) is 27.1 Å². The number of benzene rings is 1. The van der Waals surface area contributed by atoms with Crippen LogP contribution in [0.15, 0.2) is 24.4 Å². The van der Waals surface area contributed by atoms with E-state index in [1.54, 1.807) is 0 Å². The number of hydrogen-bond donors (Lipinski definition) is 0. The van der Waals surface area contributed by atoms with Gasteiger partial charge in [-0.3, -0.25) is 0 Å². The molecule has 0 fully saturated rings. The Kier molecular flexibility index (Phi) is 5.50. The number of aromatic nitrogens is 2. The first-order valence-electron chi connectivity index (χ1n) is 8.21. The predicted octanol–water partition coefficient (Wildman–Crippen LogP) is 4.58. The molecule has 5 heteroatoms. The van der Waals surface area contributed by atoms with E-state index in [1.807, 2.05) is 10.9 Å². The van der Waals surface area contributed by atoms with Gasteiger partial charge in [0.05, 0.1) is 11.7 Å². The van der Waals surface area contributed by atoms with Gasteiger partial charge in [-0.2, -0.15) is 5.10 Å². The molecule has 2 aromatic rings. The molecule has 0 spiro atoms. The lowest BCUT2D eigenvalue weighted by atomic mass is 10.1. The second-order valence-corrected chi connectivity index (χ2v) is 18.6. The van der Waals surface area contributed by atoms with E-state index in [0.717, 1.165) is 23.1 Å². The monoisotopic (exact) mass is 344 g/mol. The molecule has 1 aromatic carbocycles. The molecule has 0 aliphatic carbocycles. The minimum Gasteiger partial charge on any atom is -0.360 e. The van der Waals surface area contributed by atoms with Crippen LogP contribution in [0.25, 0.3) is 10.9 Å². The van der Waals surface area contributed by atoms with Crippen molar-refractivity contribution in [1.82, 2.24) is 9.78 Å². The SMILES string of the molecule is C[Si](C)(C)C#Cc1cccc2cnn(COCC[Si](C)(C)C)c12. The highest BCUT2D eigenvalue weighted by atomic mass is 28.3. The first kappa shape index (κ1) is 18.0. The summed E-state index contributed by atoms with van der Waals surface area (Å²) in [5.74, 6) is 3.37. The van der Waals surface area contributed by atoms with Gasteiger partial charge < -0.3 is 4.74 Å². The number of para-hydroxylation sites is 1. The van der Waals surface area contributed by atoms with Gasteiger partial charge in [-0.05, 0) is 12.1 Å². The van der Waals surface area contributed by atoms with Gasteiger partial charge in [-0.15, -0.1) is 5.54 Å². The molecule has 0 aliphatic rings. The summed E-state index contributed by atoms with van der Waals surface area (Å²) in [6.07, 6.45) is 1.90. The minimum atomic E-state index is -1.39. The lowest BCUT2D eigenvalue weighted by molar-refractivity contribution is 0.0817. The smallest absolute Gasteiger partial charge is 0.140 e. The standard InChI is InChI=1S/C18H28N2OSi2/c1-22(2,3)12-10-16-8-7-9-17-14-19-20(18(16)17)15-21-11-13-23(4,5)6/h7-9,14H,11,13,15H2,1-6H3. The van der Waals surface area contributed by atoms with Crippen molar-refractivity contribution in [2.24, 2.45) is 0 Å². The second-order valence-electron chi connectivity index (χ2n) is 8.24. The van der Waals surface area contributed by atoms with Crippen molar-refractivity contribution in [2.75, 3.05) is 6.61 Å². The Morgan fingerprint density at radius 2 is 1.87 bits per heavy atom. The normalized spacial score (nSPS) is 12.3. The molecule has 1 heterocycles. The average molecular weight is 345 g/mol. The summed E-state index contributed by atoms with van der Waals surface area (Å²) in [7, 11) is -2.44. The molecule has 3 nitrogen and oxygen atoms in total. The largest absolute Gasteiger partial charge is 0.360 e. The summed E-state index contributed by atoms with van der Waals surface area (Å²) in [6, 6.07) is 7.39. The molecule has 1 aromatic heterocycles. The zero-order valence-electron chi connectivity index (χ0n) is 15.2. The third kappa shape index (κ3) is 5.65. The van der Waals surface area contributed by atoms with Gasteiger partial charge in [0, 0.05) is 25.6 Å². The maximum atomic E-state index is 5.86. The maximum absolute atomic E-state index is 5.86. The predicted molar refractivity (Wildman–Crippen MR) is 104 cm³/mol. The van der Waals surface area contributed by atoms with Crippen LogP contribution in [0.4, 0.5) is 0 Å². The van der Waals surface area contributed by atoms with Crippen LogP contribution in [0, 0.1) is 11.5 Å². The number of fused-ring (bicyclic) bond motifs is 1. The van der Waals surface area contributed by atoms with Gasteiger partial charge in [-0.1, -0.05) is 57.3 Å². The Morgan fingerprint density at radius 3 is 2.52 bits per heavy atom. The Bertz CT molecular complexity index is 727. The molecule has 0 saturated carbocycles. The van der Waals surface area contributed by atoms with E-state index in [-0.39, 0.29) is 0 Å². The fourth-order valence-electron chi connectivity index (χ4n) is 2.13. The number of nitrogens with zero attached hydrogens (tertiary/aromatic N) is 2. The quantitative estimate of drug-likeness (QED) is 0.451. The molecule has 0 aliphatic heterocycles. The van der Waals surface area contributed by atoms with Crippen LogP contribution in [0.3, 0.4) is 0 Å². The Labute approximate surface area is 142 Å². The van der Waals surface area contributed by atoms with Crippen LogP contribution in [0.1, 0.15) is 5.56 Å². The summed E-state index contributed by atoms with van der Waals surface area (Å²) >= 11 is 0. The maximum Gasteiger partial charge on any atom is 0.140 e. The Balaban J connectivity index is 2.19. The van der Waals surface area contributed by atoms with Gasteiger partial charge in [0.25, 0.3) is 0 Å². The fourth-order valence-corrected chi connectivity index (χ4v) is 3.39. The van der Waals surface area contributed by atoms with Crippen LogP contribution in [0.5, 0.6) is 0 Å². The Morgan fingerprint density at radius 1 is 1.13 bits per heavy atom. The van der Waals surface area contributed by atoms with Crippen molar-refractivity contribution < 1.29 is 4.74 Å². The van der Waals surface area contributed by atoms with E-state index < -0.39 is 16.1 Å². The molecule has 23 heavy (non-hydrogen) atoms. The van der Waals surface area contributed by atoms with Gasteiger partial charge in [0.2, 0.25) is 0 Å². The summed E-state index contributed by atoms with van der Waals surface area (Å²) in [4.78, 5) is 0. The van der Waals surface area contributed by atoms with Gasteiger partial charge in [-0.25, -0.2) is 4.68 Å². The highest BCUT2D eigenvalue weighted by Gasteiger charge is 2.13. The molecule has 0 N–H and O–H groups in total. The lowest BCUT2D eigenvalue weighted by Gasteiger charge is -2.15. The fraction of sp³-hybridized carbons (Fsp3) is 0.500. The molecule has 0 unspecified atom stereocenters. The number of rotatable bonds is 5. The van der Waals surface area contributed by atoms with Crippen molar-refractivity contribution in [1.29, 1.82) is 0 Å². The van der Waals surface area contributed by atoms with E-state index >= 15 is 0 Å². The first-order valence-corrected chi connectivity index (χ1v) is 15.4. The van der Waals surface area contributed by atoms with E-state index in [9.17, 15) is 0 Å². The lowest BCUT2D eigenvalue weighted by Crippen LogP contribution is -2.22. The van der Waals surface area contributed by atoms with Crippen molar-refractivity contribution in [2.45, 2.75) is 52.1 Å². The molecule has 0 amide bonds. The van der Waals surface area contributed by atoms with E-state index in [2.05, 4.69) is 74.0 Å². The number of ether oxygens (including phenoxy) is 1. The van der Waals surface area contributed by atoms with Gasteiger partial charge >= 0.3 is 0 Å². The van der Waals surface area contributed by atoms with Crippen LogP contribution in [-0.2, 0) is 11.5 Å². The highest BCUT2D eigenvalue weighted by Crippen LogP contribution is 2.18. The van der Waals surface area contributed by atoms with Crippen LogP contribution < -0.4 is 0 Å². The second kappa shape index (κ2) is 7.04. The van der Waals surface area contributed by atoms with Crippen molar-refractivity contribution >= 4 is 27.1 Å². The number of hydrogen-bond acceptors (Lipinski definition) is 2. The zero-order valence-corrected chi connectivity index (χ0v) is 17.2. The first-order chi connectivity index (χ1) is 10.7.